The summed E-state index contributed by atoms with van der Waals surface area (Å²) < 4.78 is 11.2. The lowest BCUT2D eigenvalue weighted by atomic mass is 9.90. The predicted octanol–water partition coefficient (Wildman–Crippen LogP) is 3.38. The fraction of sp³-hybridized carbons (Fsp3) is 1.00. The van der Waals surface area contributed by atoms with Gasteiger partial charge in [0.25, 0.3) is 0 Å². The molecule has 0 radical (unpaired) electrons. The van der Waals surface area contributed by atoms with Gasteiger partial charge >= 0.3 is 0 Å². The average molecular weight is 279 g/mol. The van der Waals surface area contributed by atoms with Gasteiger partial charge in [0.2, 0.25) is 0 Å². The third kappa shape index (κ3) is 4.41. The molecule has 0 saturated heterocycles. The van der Waals surface area contributed by atoms with Crippen LogP contribution in [0.25, 0.3) is 0 Å². The molecule has 1 aliphatic rings. The Kier molecular flexibility index (Phi) is 6.17. The van der Waals surface area contributed by atoms with Crippen molar-refractivity contribution >= 4 is 15.9 Å². The van der Waals surface area contributed by atoms with E-state index in [1.165, 1.54) is 25.7 Å². The van der Waals surface area contributed by atoms with Crippen molar-refractivity contribution in [1.29, 1.82) is 0 Å². The topological polar surface area (TPSA) is 18.5 Å². The Balaban J connectivity index is 2.21. The average Bonchev–Trinajstić information content (AvgIpc) is 2.73. The Morgan fingerprint density at radius 1 is 1.33 bits per heavy atom. The Hall–Kier alpha value is 0.400. The summed E-state index contributed by atoms with van der Waals surface area (Å²) in [6, 6.07) is 0. The summed E-state index contributed by atoms with van der Waals surface area (Å²) >= 11 is 3.62. The summed E-state index contributed by atoms with van der Waals surface area (Å²) in [7, 11) is 0. The highest BCUT2D eigenvalue weighted by Gasteiger charge is 2.33. The van der Waals surface area contributed by atoms with Gasteiger partial charge in [-0.3, -0.25) is 0 Å². The first kappa shape index (κ1) is 13.5. The van der Waals surface area contributed by atoms with Gasteiger partial charge < -0.3 is 9.47 Å². The van der Waals surface area contributed by atoms with Crippen molar-refractivity contribution in [2.45, 2.75) is 45.6 Å². The first-order chi connectivity index (χ1) is 7.22. The molecule has 1 rings (SSSR count). The molecule has 0 aromatic rings. The number of alkyl halides is 1. The lowest BCUT2D eigenvalue weighted by Gasteiger charge is -2.28. The minimum absolute atomic E-state index is 0.224. The number of halogens is 1. The van der Waals surface area contributed by atoms with Gasteiger partial charge in [-0.25, -0.2) is 0 Å². The zero-order chi connectivity index (χ0) is 11.1. The van der Waals surface area contributed by atoms with Gasteiger partial charge in [-0.1, -0.05) is 28.8 Å². The highest BCUT2D eigenvalue weighted by atomic mass is 79.9. The lowest BCUT2D eigenvalue weighted by molar-refractivity contribution is -0.0343. The van der Waals surface area contributed by atoms with Crippen LogP contribution in [-0.2, 0) is 9.47 Å². The van der Waals surface area contributed by atoms with Crippen molar-refractivity contribution in [3.05, 3.63) is 0 Å². The van der Waals surface area contributed by atoms with E-state index in [9.17, 15) is 0 Å². The quantitative estimate of drug-likeness (QED) is 0.665. The third-order valence-electron chi connectivity index (χ3n) is 3.18. The molecule has 1 aliphatic carbocycles. The van der Waals surface area contributed by atoms with E-state index in [4.69, 9.17) is 9.47 Å². The Labute approximate surface area is 102 Å². The monoisotopic (exact) mass is 278 g/mol. The van der Waals surface area contributed by atoms with Crippen LogP contribution in [0.1, 0.15) is 39.5 Å². The second-order valence-corrected chi connectivity index (χ2v) is 5.18. The van der Waals surface area contributed by atoms with E-state index in [0.29, 0.717) is 5.41 Å². The molecule has 15 heavy (non-hydrogen) atoms. The third-order valence-corrected chi connectivity index (χ3v) is 4.37. The number of rotatable bonds is 7. The summed E-state index contributed by atoms with van der Waals surface area (Å²) in [6.07, 6.45) is 5.55. The first-order valence-electron chi connectivity index (χ1n) is 5.98. The number of ether oxygens (including phenoxy) is 2. The lowest BCUT2D eigenvalue weighted by Crippen LogP contribution is -2.29. The van der Waals surface area contributed by atoms with Gasteiger partial charge in [-0.2, -0.15) is 0 Å². The van der Waals surface area contributed by atoms with Crippen molar-refractivity contribution in [2.75, 3.05) is 25.2 Å². The van der Waals surface area contributed by atoms with E-state index in [2.05, 4.69) is 22.9 Å². The van der Waals surface area contributed by atoms with E-state index >= 15 is 0 Å². The zero-order valence-electron chi connectivity index (χ0n) is 9.93. The highest BCUT2D eigenvalue weighted by molar-refractivity contribution is 9.09. The molecule has 0 aliphatic heterocycles. The SMILES string of the molecule is CCOCC(C)OCC1(CBr)CCCC1. The summed E-state index contributed by atoms with van der Waals surface area (Å²) in [5.74, 6) is 0. The Morgan fingerprint density at radius 3 is 2.53 bits per heavy atom. The first-order valence-corrected chi connectivity index (χ1v) is 7.10. The summed E-state index contributed by atoms with van der Waals surface area (Å²) in [4.78, 5) is 0. The second kappa shape index (κ2) is 6.87. The molecule has 1 fully saturated rings. The molecular weight excluding hydrogens is 256 g/mol. The molecule has 2 nitrogen and oxygen atoms in total. The van der Waals surface area contributed by atoms with Gasteiger partial charge in [0.1, 0.15) is 0 Å². The van der Waals surface area contributed by atoms with Crippen LogP contribution >= 0.6 is 15.9 Å². The summed E-state index contributed by atoms with van der Waals surface area (Å²) in [6.45, 7) is 6.48. The molecule has 90 valence electrons. The summed E-state index contributed by atoms with van der Waals surface area (Å²) in [5, 5.41) is 1.07. The van der Waals surface area contributed by atoms with Crippen LogP contribution in [0, 0.1) is 5.41 Å². The van der Waals surface area contributed by atoms with Crippen molar-refractivity contribution in [3.63, 3.8) is 0 Å². The molecular formula is C12H23BrO2. The predicted molar refractivity (Wildman–Crippen MR) is 66.6 cm³/mol. The fourth-order valence-electron chi connectivity index (χ4n) is 2.09. The molecule has 1 atom stereocenters. The van der Waals surface area contributed by atoms with Gasteiger partial charge in [-0.15, -0.1) is 0 Å². The fourth-order valence-corrected chi connectivity index (χ4v) is 2.82. The maximum absolute atomic E-state index is 5.87. The van der Waals surface area contributed by atoms with Crippen LogP contribution in [0.3, 0.4) is 0 Å². The van der Waals surface area contributed by atoms with Crippen LogP contribution in [0.2, 0.25) is 0 Å². The van der Waals surface area contributed by atoms with E-state index < -0.39 is 0 Å². The van der Waals surface area contributed by atoms with E-state index in [1.807, 2.05) is 6.92 Å². The Morgan fingerprint density at radius 2 is 2.00 bits per heavy atom. The van der Waals surface area contributed by atoms with Crippen LogP contribution in [-0.4, -0.2) is 31.3 Å². The van der Waals surface area contributed by atoms with Crippen molar-refractivity contribution in [1.82, 2.24) is 0 Å². The largest absolute Gasteiger partial charge is 0.379 e. The van der Waals surface area contributed by atoms with Gasteiger partial charge in [0, 0.05) is 17.4 Å². The van der Waals surface area contributed by atoms with Crippen molar-refractivity contribution < 1.29 is 9.47 Å². The summed E-state index contributed by atoms with van der Waals surface area (Å²) in [5.41, 5.74) is 0.403. The molecule has 1 saturated carbocycles. The van der Waals surface area contributed by atoms with Crippen molar-refractivity contribution in [3.8, 4) is 0 Å². The van der Waals surface area contributed by atoms with E-state index in [1.54, 1.807) is 0 Å². The van der Waals surface area contributed by atoms with Gasteiger partial charge in [-0.05, 0) is 26.7 Å². The molecule has 0 heterocycles. The maximum Gasteiger partial charge on any atom is 0.0780 e. The van der Waals surface area contributed by atoms with Crippen LogP contribution in [0.4, 0.5) is 0 Å². The molecule has 1 unspecified atom stereocenters. The number of hydrogen-bond acceptors (Lipinski definition) is 2. The Bertz CT molecular complexity index is 167. The van der Waals surface area contributed by atoms with Crippen LogP contribution in [0.15, 0.2) is 0 Å². The van der Waals surface area contributed by atoms with Gasteiger partial charge in [0.15, 0.2) is 0 Å². The smallest absolute Gasteiger partial charge is 0.0780 e. The maximum atomic E-state index is 5.87. The van der Waals surface area contributed by atoms with E-state index in [-0.39, 0.29) is 6.10 Å². The minimum atomic E-state index is 0.224. The second-order valence-electron chi connectivity index (χ2n) is 4.62. The van der Waals surface area contributed by atoms with E-state index in [0.717, 1.165) is 25.2 Å². The molecule has 3 heteroatoms. The van der Waals surface area contributed by atoms with Gasteiger partial charge in [0.05, 0.1) is 19.3 Å². The molecule has 0 aromatic heterocycles. The molecule has 0 spiro atoms. The standard InChI is InChI=1S/C12H23BrO2/c1-3-14-8-11(2)15-10-12(9-13)6-4-5-7-12/h11H,3-10H2,1-2H3. The molecule has 0 amide bonds. The number of hydrogen-bond donors (Lipinski definition) is 0. The molecule has 0 bridgehead atoms. The highest BCUT2D eigenvalue weighted by Crippen LogP contribution is 2.39. The normalized spacial score (nSPS) is 21.8. The minimum Gasteiger partial charge on any atom is -0.379 e. The molecule has 0 aromatic carbocycles. The molecule has 0 N–H and O–H groups in total. The van der Waals surface area contributed by atoms with Crippen molar-refractivity contribution in [2.24, 2.45) is 5.41 Å². The zero-order valence-corrected chi connectivity index (χ0v) is 11.5. The van der Waals surface area contributed by atoms with Crippen LogP contribution in [0.5, 0.6) is 0 Å². The van der Waals surface area contributed by atoms with Crippen LogP contribution < -0.4 is 0 Å².